The van der Waals surface area contributed by atoms with E-state index in [0.717, 1.165) is 0 Å². The van der Waals surface area contributed by atoms with Gasteiger partial charge in [-0.3, -0.25) is 9.59 Å². The summed E-state index contributed by atoms with van der Waals surface area (Å²) in [5.41, 5.74) is 0.558. The molecule has 1 aromatic carbocycles. The summed E-state index contributed by atoms with van der Waals surface area (Å²) >= 11 is 5.82. The number of hydrogen-bond acceptors (Lipinski definition) is 3. The van der Waals surface area contributed by atoms with E-state index in [0.29, 0.717) is 11.0 Å². The second-order valence-corrected chi connectivity index (χ2v) is 3.35. The van der Waals surface area contributed by atoms with Crippen molar-refractivity contribution in [3.63, 3.8) is 0 Å². The summed E-state index contributed by atoms with van der Waals surface area (Å²) in [5.74, 6) is -0.680. The standard InChI is InChI=1S/C9H5ClN2O3/c10-5-1-4(7(14)3-13)2-6-8(5)12-9(15)11-6/h1-3H,(H2,11,12,15). The Morgan fingerprint density at radius 2 is 2.07 bits per heavy atom. The first-order valence-electron chi connectivity index (χ1n) is 4.03. The summed E-state index contributed by atoms with van der Waals surface area (Å²) in [6, 6.07) is 2.74. The molecule has 0 aliphatic heterocycles. The molecule has 0 atom stereocenters. The van der Waals surface area contributed by atoms with Crippen molar-refractivity contribution < 1.29 is 9.59 Å². The molecule has 1 heterocycles. The molecule has 0 saturated carbocycles. The average Bonchev–Trinajstić information content (AvgIpc) is 2.58. The van der Waals surface area contributed by atoms with Crippen LogP contribution in [0, 0.1) is 0 Å². The lowest BCUT2D eigenvalue weighted by Crippen LogP contribution is -1.99. The zero-order chi connectivity index (χ0) is 11.0. The molecule has 5 nitrogen and oxygen atoms in total. The van der Waals surface area contributed by atoms with Gasteiger partial charge >= 0.3 is 5.69 Å². The van der Waals surface area contributed by atoms with Crippen molar-refractivity contribution in [1.82, 2.24) is 9.97 Å². The van der Waals surface area contributed by atoms with Crippen LogP contribution in [0.1, 0.15) is 10.4 Å². The first kappa shape index (κ1) is 9.67. The number of carbonyl (C=O) groups excluding carboxylic acids is 2. The van der Waals surface area contributed by atoms with E-state index in [9.17, 15) is 14.4 Å². The Hall–Kier alpha value is -1.88. The van der Waals surface area contributed by atoms with Gasteiger partial charge in [0, 0.05) is 5.56 Å². The Morgan fingerprint density at radius 3 is 2.73 bits per heavy atom. The molecule has 0 radical (unpaired) electrons. The Bertz CT molecular complexity index is 611. The van der Waals surface area contributed by atoms with Gasteiger partial charge in [0.05, 0.1) is 16.1 Å². The van der Waals surface area contributed by atoms with E-state index in [2.05, 4.69) is 9.97 Å². The van der Waals surface area contributed by atoms with Gasteiger partial charge in [-0.25, -0.2) is 4.79 Å². The topological polar surface area (TPSA) is 82.8 Å². The predicted molar refractivity (Wildman–Crippen MR) is 54.3 cm³/mol. The molecular weight excluding hydrogens is 220 g/mol. The van der Waals surface area contributed by atoms with E-state index < -0.39 is 11.5 Å². The number of ketones is 1. The molecule has 2 rings (SSSR count). The Balaban J connectivity index is 2.77. The molecule has 2 N–H and O–H groups in total. The van der Waals surface area contributed by atoms with Crippen molar-refractivity contribution in [2.75, 3.05) is 0 Å². The summed E-state index contributed by atoms with van der Waals surface area (Å²) in [6.45, 7) is 0. The molecule has 0 fully saturated rings. The molecule has 0 unspecified atom stereocenters. The molecule has 76 valence electrons. The van der Waals surface area contributed by atoms with Gasteiger partial charge in [0.25, 0.3) is 0 Å². The van der Waals surface area contributed by atoms with Gasteiger partial charge in [0.1, 0.15) is 0 Å². The number of H-pyrrole nitrogens is 2. The molecule has 15 heavy (non-hydrogen) atoms. The zero-order valence-electron chi connectivity index (χ0n) is 7.33. The van der Waals surface area contributed by atoms with Crippen LogP contribution in [0.15, 0.2) is 16.9 Å². The van der Waals surface area contributed by atoms with Gasteiger partial charge in [-0.15, -0.1) is 0 Å². The Kier molecular flexibility index (Phi) is 2.17. The molecule has 0 spiro atoms. The fraction of sp³-hybridized carbons (Fsp3) is 0. The summed E-state index contributed by atoms with van der Waals surface area (Å²) < 4.78 is 0. The van der Waals surface area contributed by atoms with E-state index in [1.807, 2.05) is 0 Å². The van der Waals surface area contributed by atoms with Crippen LogP contribution in [0.3, 0.4) is 0 Å². The largest absolute Gasteiger partial charge is 0.323 e. The van der Waals surface area contributed by atoms with Crippen molar-refractivity contribution in [2.45, 2.75) is 0 Å². The van der Waals surface area contributed by atoms with Crippen molar-refractivity contribution in [1.29, 1.82) is 0 Å². The van der Waals surface area contributed by atoms with Crippen molar-refractivity contribution in [3.8, 4) is 0 Å². The van der Waals surface area contributed by atoms with Gasteiger partial charge in [0.2, 0.25) is 5.78 Å². The van der Waals surface area contributed by atoms with Crippen LogP contribution in [0.5, 0.6) is 0 Å². The number of imidazole rings is 1. The Labute approximate surface area is 88.1 Å². The summed E-state index contributed by atoms with van der Waals surface area (Å²) in [6.07, 6.45) is 0.197. The minimum Gasteiger partial charge on any atom is -0.306 e. The van der Waals surface area contributed by atoms with Crippen LogP contribution in [0.2, 0.25) is 5.02 Å². The minimum absolute atomic E-state index is 0.151. The number of Topliss-reactive ketones (excluding diaryl/α,β-unsaturated/α-hetero) is 1. The number of hydrogen-bond donors (Lipinski definition) is 2. The zero-order valence-corrected chi connectivity index (χ0v) is 8.09. The number of rotatable bonds is 2. The second-order valence-electron chi connectivity index (χ2n) is 2.94. The molecule has 0 aliphatic carbocycles. The molecule has 1 aromatic heterocycles. The SMILES string of the molecule is O=CC(=O)c1cc(Cl)c2[nH]c(=O)[nH]c2c1. The maximum absolute atomic E-state index is 11.1. The van der Waals surface area contributed by atoms with Gasteiger partial charge < -0.3 is 9.97 Å². The predicted octanol–water partition coefficient (Wildman–Crippen LogP) is 0.891. The first-order chi connectivity index (χ1) is 7.11. The highest BCUT2D eigenvalue weighted by atomic mass is 35.5. The Morgan fingerprint density at radius 1 is 1.33 bits per heavy atom. The highest BCUT2D eigenvalue weighted by molar-refractivity contribution is 6.38. The van der Waals surface area contributed by atoms with Gasteiger partial charge in [-0.1, -0.05) is 11.6 Å². The van der Waals surface area contributed by atoms with E-state index in [1.165, 1.54) is 12.1 Å². The number of fused-ring (bicyclic) bond motifs is 1. The van der Waals surface area contributed by atoms with Crippen molar-refractivity contribution >= 4 is 34.7 Å². The number of halogens is 1. The first-order valence-corrected chi connectivity index (χ1v) is 4.40. The maximum Gasteiger partial charge on any atom is 0.323 e. The van der Waals surface area contributed by atoms with Gasteiger partial charge in [0.15, 0.2) is 6.29 Å². The maximum atomic E-state index is 11.1. The smallest absolute Gasteiger partial charge is 0.306 e. The average molecular weight is 225 g/mol. The highest BCUT2D eigenvalue weighted by Crippen LogP contribution is 2.21. The van der Waals surface area contributed by atoms with Crippen LogP contribution >= 0.6 is 11.6 Å². The summed E-state index contributed by atoms with van der Waals surface area (Å²) in [7, 11) is 0. The van der Waals surface area contributed by atoms with E-state index in [-0.39, 0.29) is 16.9 Å². The number of aromatic nitrogens is 2. The fourth-order valence-corrected chi connectivity index (χ4v) is 1.58. The molecular formula is C9H5ClN2O3. The van der Waals surface area contributed by atoms with Crippen molar-refractivity contribution in [2.24, 2.45) is 0 Å². The van der Waals surface area contributed by atoms with Crippen LogP contribution in [0.25, 0.3) is 11.0 Å². The molecule has 2 aromatic rings. The summed E-state index contributed by atoms with van der Waals surface area (Å²) in [5, 5.41) is 0.219. The van der Waals surface area contributed by atoms with Crippen LogP contribution < -0.4 is 5.69 Å². The van der Waals surface area contributed by atoms with Crippen LogP contribution in [0.4, 0.5) is 0 Å². The third-order valence-corrected chi connectivity index (χ3v) is 2.27. The minimum atomic E-state index is -0.680. The fourth-order valence-electron chi connectivity index (χ4n) is 1.31. The molecule has 0 saturated heterocycles. The lowest BCUT2D eigenvalue weighted by Gasteiger charge is -1.97. The molecule has 0 amide bonds. The summed E-state index contributed by atoms with van der Waals surface area (Å²) in [4.78, 5) is 37.3. The number of aldehydes is 1. The quantitative estimate of drug-likeness (QED) is 0.452. The monoisotopic (exact) mass is 224 g/mol. The van der Waals surface area contributed by atoms with Gasteiger partial charge in [-0.2, -0.15) is 0 Å². The van der Waals surface area contributed by atoms with Crippen LogP contribution in [-0.4, -0.2) is 22.0 Å². The molecule has 6 heteroatoms. The third kappa shape index (κ3) is 1.57. The highest BCUT2D eigenvalue weighted by Gasteiger charge is 2.10. The van der Waals surface area contributed by atoms with E-state index in [4.69, 9.17) is 11.6 Å². The second kappa shape index (κ2) is 3.36. The molecule has 0 aliphatic rings. The number of carbonyl (C=O) groups is 2. The lowest BCUT2D eigenvalue weighted by molar-refractivity contribution is -0.104. The number of benzene rings is 1. The van der Waals surface area contributed by atoms with Crippen LogP contribution in [-0.2, 0) is 4.79 Å². The lowest BCUT2D eigenvalue weighted by atomic mass is 10.1. The van der Waals surface area contributed by atoms with E-state index in [1.54, 1.807) is 0 Å². The normalized spacial score (nSPS) is 10.5. The van der Waals surface area contributed by atoms with E-state index >= 15 is 0 Å². The van der Waals surface area contributed by atoms with Crippen molar-refractivity contribution in [3.05, 3.63) is 33.2 Å². The van der Waals surface area contributed by atoms with Gasteiger partial charge in [-0.05, 0) is 12.1 Å². The third-order valence-electron chi connectivity index (χ3n) is 1.97. The molecule has 0 bridgehead atoms. The number of nitrogens with one attached hydrogen (secondary N) is 2. The number of aromatic amines is 2.